The number of phosphoric ester groups is 1. The summed E-state index contributed by atoms with van der Waals surface area (Å²) in [5.41, 5.74) is 0. The van der Waals surface area contributed by atoms with Crippen molar-refractivity contribution < 1.29 is 70.3 Å². The van der Waals surface area contributed by atoms with Crippen LogP contribution in [0.15, 0.2) is 0 Å². The monoisotopic (exact) mass is 387 g/mol. The number of hydrogen-bond acceptors (Lipinski definition) is 4. The van der Waals surface area contributed by atoms with E-state index in [2.05, 4.69) is 11.4 Å². The van der Waals surface area contributed by atoms with Crippen molar-refractivity contribution in [2.24, 2.45) is 0 Å². The Morgan fingerprint density at radius 3 is 1.21 bits per heavy atom. The maximum atomic E-state index is 10.2. The van der Waals surface area contributed by atoms with Crippen LogP contribution >= 0.6 is 7.82 Å². The largest absolute Gasteiger partial charge is 1.00 e. The van der Waals surface area contributed by atoms with Crippen molar-refractivity contribution in [1.82, 2.24) is 0 Å². The van der Waals surface area contributed by atoms with Gasteiger partial charge in [-0.3, -0.25) is 0 Å². The fourth-order valence-electron chi connectivity index (χ4n) is 2.83. The molecule has 0 radical (unpaired) electrons. The van der Waals surface area contributed by atoms with E-state index in [1.807, 2.05) is 0 Å². The topological polar surface area (TPSA) is 72.4 Å². The molecular formula is C18H37KO4P-. The van der Waals surface area contributed by atoms with Crippen LogP contribution in [0.3, 0.4) is 0 Å². The van der Waals surface area contributed by atoms with E-state index in [1.54, 1.807) is 0 Å². The molecule has 0 saturated heterocycles. The third-order valence-corrected chi connectivity index (χ3v) is 4.75. The molecule has 0 aromatic heterocycles. The molecule has 0 amide bonds. The third-order valence-electron chi connectivity index (χ3n) is 4.25. The molecule has 4 nitrogen and oxygen atoms in total. The third kappa shape index (κ3) is 26.0. The molecule has 24 heavy (non-hydrogen) atoms. The molecule has 140 valence electrons. The van der Waals surface area contributed by atoms with Gasteiger partial charge in [-0.15, -0.1) is 0 Å². The summed E-state index contributed by atoms with van der Waals surface area (Å²) in [7, 11) is -4.76. The summed E-state index contributed by atoms with van der Waals surface area (Å²) in [6.45, 7) is 2.30. The molecule has 0 aromatic rings. The van der Waals surface area contributed by atoms with Gasteiger partial charge in [-0.2, -0.15) is 0 Å². The van der Waals surface area contributed by atoms with E-state index >= 15 is 0 Å². The van der Waals surface area contributed by atoms with E-state index < -0.39 is 7.82 Å². The van der Waals surface area contributed by atoms with Gasteiger partial charge in [-0.1, -0.05) is 103 Å². The van der Waals surface area contributed by atoms with Gasteiger partial charge in [0.1, 0.15) is 0 Å². The zero-order valence-electron chi connectivity index (χ0n) is 16.1. The smallest absolute Gasteiger partial charge is 0.790 e. The normalized spacial score (nSPS) is 11.5. The molecule has 0 rings (SSSR count). The second kappa shape index (κ2) is 21.1. The van der Waals surface area contributed by atoms with Crippen molar-refractivity contribution >= 4 is 7.82 Å². The first-order valence-corrected chi connectivity index (χ1v) is 11.2. The Balaban J connectivity index is 0. The maximum absolute atomic E-state index is 10.2. The minimum Gasteiger partial charge on any atom is -0.790 e. The quantitative estimate of drug-likeness (QED) is 0.205. The van der Waals surface area contributed by atoms with Crippen molar-refractivity contribution in [3.05, 3.63) is 0 Å². The van der Waals surface area contributed by atoms with Crippen molar-refractivity contribution in [3.8, 4) is 0 Å². The van der Waals surface area contributed by atoms with Gasteiger partial charge < -0.3 is 18.9 Å². The van der Waals surface area contributed by atoms with E-state index in [1.165, 1.54) is 83.5 Å². The molecular weight excluding hydrogens is 350 g/mol. The van der Waals surface area contributed by atoms with Crippen LogP contribution in [-0.4, -0.2) is 6.61 Å². The SMILES string of the molecule is CCCCCCCCCCCCCCCCCCOP(=O)([O-])[O-].[K+]. The Labute approximate surface area is 192 Å². The molecule has 0 aliphatic heterocycles. The predicted molar refractivity (Wildman–Crippen MR) is 93.1 cm³/mol. The Morgan fingerprint density at radius 1 is 0.625 bits per heavy atom. The molecule has 0 saturated carbocycles. The molecule has 0 aliphatic carbocycles. The zero-order chi connectivity index (χ0) is 17.2. The zero-order valence-corrected chi connectivity index (χ0v) is 20.1. The molecule has 0 spiro atoms. The van der Waals surface area contributed by atoms with Crippen LogP contribution < -0.4 is 61.2 Å². The van der Waals surface area contributed by atoms with E-state index in [0.717, 1.165) is 12.8 Å². The van der Waals surface area contributed by atoms with Gasteiger partial charge >= 0.3 is 51.4 Å². The summed E-state index contributed by atoms with van der Waals surface area (Å²) >= 11 is 0. The fourth-order valence-corrected chi connectivity index (χ4v) is 3.18. The maximum Gasteiger partial charge on any atom is 1.00 e. The molecule has 0 atom stereocenters. The Hall–Kier alpha value is 1.75. The van der Waals surface area contributed by atoms with Gasteiger partial charge in [-0.05, 0) is 6.42 Å². The van der Waals surface area contributed by atoms with Gasteiger partial charge in [0.05, 0.1) is 14.4 Å². The number of hydrogen-bond donors (Lipinski definition) is 0. The molecule has 0 fully saturated rings. The van der Waals surface area contributed by atoms with Crippen LogP contribution in [0.1, 0.15) is 110 Å². The minimum atomic E-state index is -4.76. The van der Waals surface area contributed by atoms with Crippen LogP contribution in [0.25, 0.3) is 0 Å². The Kier molecular flexibility index (Phi) is 24.5. The standard InChI is InChI=1S/C18H39O4P.K/c1-2-3-4-5-6-7-8-9-10-11-12-13-14-15-16-17-18-22-23(19,20)21;/h2-18H2,1H3,(H2,19,20,21);/q;+1/p-2. The molecule has 0 heterocycles. The van der Waals surface area contributed by atoms with Crippen LogP contribution in [0.5, 0.6) is 0 Å². The summed E-state index contributed by atoms with van der Waals surface area (Å²) in [4.78, 5) is 20.5. The van der Waals surface area contributed by atoms with Gasteiger partial charge in [0.25, 0.3) is 0 Å². The number of rotatable bonds is 18. The van der Waals surface area contributed by atoms with Crippen LogP contribution in [0.4, 0.5) is 0 Å². The van der Waals surface area contributed by atoms with Crippen molar-refractivity contribution in [2.45, 2.75) is 110 Å². The molecule has 0 N–H and O–H groups in total. The van der Waals surface area contributed by atoms with E-state index in [4.69, 9.17) is 0 Å². The summed E-state index contributed by atoms with van der Waals surface area (Å²) in [5, 5.41) is 0. The number of phosphoric acid groups is 1. The summed E-state index contributed by atoms with van der Waals surface area (Å²) in [5.74, 6) is 0. The van der Waals surface area contributed by atoms with E-state index in [-0.39, 0.29) is 58.0 Å². The van der Waals surface area contributed by atoms with Crippen LogP contribution in [0.2, 0.25) is 0 Å². The van der Waals surface area contributed by atoms with Crippen molar-refractivity contribution in [3.63, 3.8) is 0 Å². The first-order valence-electron chi connectivity index (χ1n) is 9.73. The molecule has 0 aliphatic rings. The van der Waals surface area contributed by atoms with Gasteiger partial charge in [-0.25, -0.2) is 0 Å². The van der Waals surface area contributed by atoms with Crippen LogP contribution in [0, 0.1) is 0 Å². The molecule has 0 unspecified atom stereocenters. The van der Waals surface area contributed by atoms with E-state index in [0.29, 0.717) is 6.42 Å². The average Bonchev–Trinajstić information content (AvgIpc) is 2.49. The van der Waals surface area contributed by atoms with Gasteiger partial charge in [0.15, 0.2) is 0 Å². The average molecular weight is 388 g/mol. The predicted octanol–water partition coefficient (Wildman–Crippen LogP) is 2.10. The molecule has 6 heteroatoms. The second-order valence-electron chi connectivity index (χ2n) is 6.58. The Bertz CT molecular complexity index is 284. The Morgan fingerprint density at radius 2 is 0.917 bits per heavy atom. The van der Waals surface area contributed by atoms with Crippen molar-refractivity contribution in [1.29, 1.82) is 0 Å². The fraction of sp³-hybridized carbons (Fsp3) is 1.00. The summed E-state index contributed by atoms with van der Waals surface area (Å²) in [6.07, 6.45) is 20.3. The summed E-state index contributed by atoms with van der Waals surface area (Å²) in [6, 6.07) is 0. The first-order chi connectivity index (χ1) is 11.1. The van der Waals surface area contributed by atoms with Crippen LogP contribution in [-0.2, 0) is 9.09 Å². The minimum absolute atomic E-state index is 0. The van der Waals surface area contributed by atoms with Crippen molar-refractivity contribution in [2.75, 3.05) is 6.61 Å². The van der Waals surface area contributed by atoms with Gasteiger partial charge in [0, 0.05) is 0 Å². The second-order valence-corrected chi connectivity index (χ2v) is 7.74. The summed E-state index contributed by atoms with van der Waals surface area (Å²) < 4.78 is 14.4. The van der Waals surface area contributed by atoms with Gasteiger partial charge in [0.2, 0.25) is 0 Å². The molecule has 0 aromatic carbocycles. The number of unbranched alkanes of at least 4 members (excludes halogenated alkanes) is 15. The first kappa shape index (κ1) is 28.0. The molecule has 0 bridgehead atoms. The van der Waals surface area contributed by atoms with E-state index in [9.17, 15) is 14.4 Å².